The van der Waals surface area contributed by atoms with Crippen LogP contribution >= 0.6 is 11.6 Å². The zero-order valence-corrected chi connectivity index (χ0v) is 17.5. The van der Waals surface area contributed by atoms with E-state index in [9.17, 15) is 22.8 Å². The van der Waals surface area contributed by atoms with Crippen LogP contribution < -0.4 is 15.0 Å². The van der Waals surface area contributed by atoms with Crippen LogP contribution in [0.1, 0.15) is 5.56 Å². The highest BCUT2D eigenvalue weighted by Gasteiger charge is 2.43. The van der Waals surface area contributed by atoms with Gasteiger partial charge in [0.15, 0.2) is 0 Å². The summed E-state index contributed by atoms with van der Waals surface area (Å²) in [7, 11) is 1.56. The maximum absolute atomic E-state index is 12.7. The summed E-state index contributed by atoms with van der Waals surface area (Å²) in [6.07, 6.45) is -4.76. The van der Waals surface area contributed by atoms with E-state index in [1.165, 1.54) is 0 Å². The van der Waals surface area contributed by atoms with Gasteiger partial charge in [-0.3, -0.25) is 9.59 Å². The highest BCUT2D eigenvalue weighted by atomic mass is 35.5. The number of rotatable bonds is 5. The second-order valence-electron chi connectivity index (χ2n) is 7.01. The fourth-order valence-electron chi connectivity index (χ4n) is 3.34. The zero-order chi connectivity index (χ0) is 22.6. The minimum Gasteiger partial charge on any atom is -0.497 e. The summed E-state index contributed by atoms with van der Waals surface area (Å²) in [6, 6.07) is 12.0. The van der Waals surface area contributed by atoms with Crippen molar-refractivity contribution in [2.75, 3.05) is 43.5 Å². The van der Waals surface area contributed by atoms with Gasteiger partial charge in [0.25, 0.3) is 0 Å². The van der Waals surface area contributed by atoms with Gasteiger partial charge in [0, 0.05) is 31.2 Å². The molecular formula is C21H21ClF3N3O3. The molecule has 0 unspecified atom stereocenters. The van der Waals surface area contributed by atoms with Crippen LogP contribution in [-0.4, -0.2) is 56.2 Å². The molecule has 0 aliphatic carbocycles. The number of ether oxygens (including phenoxy) is 1. The average molecular weight is 456 g/mol. The Morgan fingerprint density at radius 3 is 2.29 bits per heavy atom. The maximum atomic E-state index is 12.7. The highest BCUT2D eigenvalue weighted by Crippen LogP contribution is 2.31. The fraction of sp³-hybridized carbons (Fsp3) is 0.333. The summed E-state index contributed by atoms with van der Waals surface area (Å²) in [5.74, 6) is -1.42. The normalized spacial score (nSPS) is 14.4. The van der Waals surface area contributed by atoms with Crippen LogP contribution in [0.2, 0.25) is 5.02 Å². The van der Waals surface area contributed by atoms with E-state index in [-0.39, 0.29) is 38.5 Å². The summed E-state index contributed by atoms with van der Waals surface area (Å²) in [5.41, 5.74) is 1.88. The third kappa shape index (κ3) is 5.81. The third-order valence-electron chi connectivity index (χ3n) is 4.91. The van der Waals surface area contributed by atoms with Crippen molar-refractivity contribution in [3.8, 4) is 5.75 Å². The van der Waals surface area contributed by atoms with E-state index in [1.807, 2.05) is 4.90 Å². The van der Waals surface area contributed by atoms with Gasteiger partial charge in [0.1, 0.15) is 5.75 Å². The minimum atomic E-state index is -4.89. The molecule has 0 radical (unpaired) electrons. The number of amides is 2. The molecule has 0 bridgehead atoms. The van der Waals surface area contributed by atoms with Crippen molar-refractivity contribution in [1.82, 2.24) is 4.90 Å². The van der Waals surface area contributed by atoms with Gasteiger partial charge in [-0.05, 0) is 35.9 Å². The lowest BCUT2D eigenvalue weighted by Crippen LogP contribution is -2.52. The Morgan fingerprint density at radius 1 is 1.06 bits per heavy atom. The summed E-state index contributed by atoms with van der Waals surface area (Å²) in [6.45, 7) is 0.260. The van der Waals surface area contributed by atoms with Gasteiger partial charge in [-0.2, -0.15) is 13.2 Å². The molecule has 10 heteroatoms. The van der Waals surface area contributed by atoms with Crippen LogP contribution in [0.15, 0.2) is 42.5 Å². The smallest absolute Gasteiger partial charge is 0.471 e. The van der Waals surface area contributed by atoms with Gasteiger partial charge in [-0.25, -0.2) is 0 Å². The minimum absolute atomic E-state index is 0.0692. The Balaban J connectivity index is 1.68. The molecule has 0 aromatic heterocycles. The molecular weight excluding hydrogens is 435 g/mol. The number of alkyl halides is 3. The first-order valence-electron chi connectivity index (χ1n) is 9.51. The van der Waals surface area contributed by atoms with Gasteiger partial charge in [0.05, 0.1) is 24.9 Å². The van der Waals surface area contributed by atoms with E-state index >= 15 is 0 Å². The first-order valence-corrected chi connectivity index (χ1v) is 9.88. The second-order valence-corrected chi connectivity index (χ2v) is 7.45. The van der Waals surface area contributed by atoms with Crippen LogP contribution in [0, 0.1) is 0 Å². The van der Waals surface area contributed by atoms with Crippen molar-refractivity contribution in [2.24, 2.45) is 0 Å². The van der Waals surface area contributed by atoms with Crippen LogP contribution in [0.25, 0.3) is 0 Å². The van der Waals surface area contributed by atoms with E-state index in [0.29, 0.717) is 22.1 Å². The number of carbonyl (C=O) groups is 2. The number of nitrogens with one attached hydrogen (secondary N) is 1. The molecule has 1 fully saturated rings. The lowest BCUT2D eigenvalue weighted by Gasteiger charge is -2.37. The Morgan fingerprint density at radius 2 is 1.71 bits per heavy atom. The van der Waals surface area contributed by atoms with Crippen LogP contribution in [0.5, 0.6) is 5.75 Å². The number of piperazine rings is 1. The van der Waals surface area contributed by atoms with Crippen molar-refractivity contribution in [3.63, 3.8) is 0 Å². The first-order chi connectivity index (χ1) is 14.7. The molecule has 0 spiro atoms. The van der Waals surface area contributed by atoms with Crippen molar-refractivity contribution >= 4 is 34.8 Å². The molecule has 2 aromatic carbocycles. The molecule has 0 atom stereocenters. The number of hydrogen-bond acceptors (Lipinski definition) is 4. The predicted molar refractivity (Wildman–Crippen MR) is 112 cm³/mol. The summed E-state index contributed by atoms with van der Waals surface area (Å²) >= 11 is 6.09. The third-order valence-corrected chi connectivity index (χ3v) is 5.14. The second kappa shape index (κ2) is 9.47. The van der Waals surface area contributed by atoms with Crippen LogP contribution in [-0.2, 0) is 16.0 Å². The van der Waals surface area contributed by atoms with E-state index in [0.717, 1.165) is 10.5 Å². The summed E-state index contributed by atoms with van der Waals surface area (Å²) in [4.78, 5) is 26.6. The van der Waals surface area contributed by atoms with Crippen molar-refractivity contribution < 1.29 is 27.5 Å². The van der Waals surface area contributed by atoms with Gasteiger partial charge < -0.3 is 19.9 Å². The summed E-state index contributed by atoms with van der Waals surface area (Å²) in [5, 5.41) is 3.24. The lowest BCUT2D eigenvalue weighted by atomic mass is 10.1. The molecule has 0 saturated carbocycles. The Bertz CT molecular complexity index is 943. The monoisotopic (exact) mass is 455 g/mol. The topological polar surface area (TPSA) is 61.9 Å². The fourth-order valence-corrected chi connectivity index (χ4v) is 3.51. The number of nitrogens with zero attached hydrogens (tertiary/aromatic N) is 2. The molecule has 1 aliphatic heterocycles. The van der Waals surface area contributed by atoms with E-state index in [1.54, 1.807) is 49.6 Å². The van der Waals surface area contributed by atoms with E-state index in [4.69, 9.17) is 16.3 Å². The molecule has 2 aromatic rings. The number of benzene rings is 2. The largest absolute Gasteiger partial charge is 0.497 e. The standard InChI is InChI=1S/C21H21ClF3N3O3/c1-31-16-5-2-14(3-6-16)12-19(29)26-17-13-15(22)4-7-18(17)27-8-10-28(11-9-27)20(30)21(23,24)25/h2-7,13H,8-12H2,1H3,(H,26,29). The van der Waals surface area contributed by atoms with Gasteiger partial charge in [-0.15, -0.1) is 0 Å². The number of hydrogen-bond donors (Lipinski definition) is 1. The van der Waals surface area contributed by atoms with Crippen molar-refractivity contribution in [1.29, 1.82) is 0 Å². The zero-order valence-electron chi connectivity index (χ0n) is 16.7. The number of halogens is 4. The molecule has 31 heavy (non-hydrogen) atoms. The highest BCUT2D eigenvalue weighted by molar-refractivity contribution is 6.31. The molecule has 1 aliphatic rings. The molecule has 1 saturated heterocycles. The Kier molecular flexibility index (Phi) is 6.94. The lowest BCUT2D eigenvalue weighted by molar-refractivity contribution is -0.185. The van der Waals surface area contributed by atoms with Crippen molar-refractivity contribution in [3.05, 3.63) is 53.1 Å². The number of methoxy groups -OCH3 is 1. The average Bonchev–Trinajstić information content (AvgIpc) is 2.73. The molecule has 2 amide bonds. The van der Waals surface area contributed by atoms with Gasteiger partial charge in [0.2, 0.25) is 5.91 Å². The maximum Gasteiger partial charge on any atom is 0.471 e. The molecule has 1 N–H and O–H groups in total. The van der Waals surface area contributed by atoms with Crippen LogP contribution in [0.4, 0.5) is 24.5 Å². The predicted octanol–water partition coefficient (Wildman–Crippen LogP) is 3.74. The number of carbonyl (C=O) groups excluding carboxylic acids is 2. The Labute approximate surface area is 182 Å². The van der Waals surface area contributed by atoms with E-state index in [2.05, 4.69) is 5.32 Å². The molecule has 166 valence electrons. The SMILES string of the molecule is COc1ccc(CC(=O)Nc2cc(Cl)ccc2N2CCN(C(=O)C(F)(F)F)CC2)cc1. The molecule has 3 rings (SSSR count). The van der Waals surface area contributed by atoms with Gasteiger partial charge >= 0.3 is 12.1 Å². The Hall–Kier alpha value is -2.94. The van der Waals surface area contributed by atoms with Gasteiger partial charge in [-0.1, -0.05) is 23.7 Å². The summed E-state index contributed by atoms with van der Waals surface area (Å²) < 4.78 is 43.1. The number of anilines is 2. The molecule has 1 heterocycles. The van der Waals surface area contributed by atoms with Crippen LogP contribution in [0.3, 0.4) is 0 Å². The van der Waals surface area contributed by atoms with Crippen molar-refractivity contribution in [2.45, 2.75) is 12.6 Å². The quantitative estimate of drug-likeness (QED) is 0.746. The molecule has 6 nitrogen and oxygen atoms in total. The first kappa shape index (κ1) is 22.7. The van der Waals surface area contributed by atoms with E-state index < -0.39 is 12.1 Å².